The SMILES string of the molecule is CCn1nccc1-c1nc(NC)c(Br)c(C2CC2)n1. The van der Waals surface area contributed by atoms with Crippen molar-refractivity contribution in [2.24, 2.45) is 0 Å². The number of anilines is 1. The minimum Gasteiger partial charge on any atom is -0.372 e. The molecule has 0 saturated heterocycles. The zero-order valence-electron chi connectivity index (χ0n) is 11.0. The molecule has 5 nitrogen and oxygen atoms in total. The fraction of sp³-hybridized carbons (Fsp3) is 0.462. The number of aromatic nitrogens is 4. The lowest BCUT2D eigenvalue weighted by molar-refractivity contribution is 0.663. The van der Waals surface area contributed by atoms with E-state index in [1.165, 1.54) is 12.8 Å². The van der Waals surface area contributed by atoms with Crippen molar-refractivity contribution >= 4 is 21.7 Å². The molecule has 6 heteroatoms. The van der Waals surface area contributed by atoms with Gasteiger partial charge in [0.05, 0.1) is 10.2 Å². The van der Waals surface area contributed by atoms with Crippen molar-refractivity contribution in [2.75, 3.05) is 12.4 Å². The highest BCUT2D eigenvalue weighted by Gasteiger charge is 2.29. The molecule has 1 aliphatic carbocycles. The van der Waals surface area contributed by atoms with E-state index in [0.717, 1.165) is 34.0 Å². The molecule has 0 spiro atoms. The van der Waals surface area contributed by atoms with Gasteiger partial charge >= 0.3 is 0 Å². The number of hydrogen-bond acceptors (Lipinski definition) is 4. The lowest BCUT2D eigenvalue weighted by Crippen LogP contribution is -2.06. The summed E-state index contributed by atoms with van der Waals surface area (Å²) >= 11 is 3.61. The minimum atomic E-state index is 0.571. The highest BCUT2D eigenvalue weighted by atomic mass is 79.9. The highest BCUT2D eigenvalue weighted by Crippen LogP contribution is 2.44. The second kappa shape index (κ2) is 4.92. The summed E-state index contributed by atoms with van der Waals surface area (Å²) in [6.07, 6.45) is 4.22. The van der Waals surface area contributed by atoms with Crippen LogP contribution in [0, 0.1) is 0 Å². The molecule has 19 heavy (non-hydrogen) atoms. The smallest absolute Gasteiger partial charge is 0.180 e. The first-order chi connectivity index (χ1) is 9.24. The third-order valence-corrected chi connectivity index (χ3v) is 4.10. The van der Waals surface area contributed by atoms with E-state index in [-0.39, 0.29) is 0 Å². The summed E-state index contributed by atoms with van der Waals surface area (Å²) in [5.74, 6) is 2.16. The Balaban J connectivity index is 2.13. The summed E-state index contributed by atoms with van der Waals surface area (Å²) in [4.78, 5) is 9.32. The summed E-state index contributed by atoms with van der Waals surface area (Å²) in [7, 11) is 1.88. The van der Waals surface area contributed by atoms with Gasteiger partial charge in [0.2, 0.25) is 0 Å². The molecule has 0 unspecified atom stereocenters. The van der Waals surface area contributed by atoms with Crippen LogP contribution < -0.4 is 5.32 Å². The van der Waals surface area contributed by atoms with Crippen LogP contribution in [0.4, 0.5) is 5.82 Å². The second-order valence-corrected chi connectivity index (χ2v) is 5.44. The van der Waals surface area contributed by atoms with Gasteiger partial charge in [0.15, 0.2) is 5.82 Å². The zero-order valence-corrected chi connectivity index (χ0v) is 12.6. The fourth-order valence-electron chi connectivity index (χ4n) is 2.15. The molecule has 0 aromatic carbocycles. The summed E-state index contributed by atoms with van der Waals surface area (Å²) in [6, 6.07) is 1.96. The van der Waals surface area contributed by atoms with Gasteiger partial charge in [0.25, 0.3) is 0 Å². The van der Waals surface area contributed by atoms with E-state index < -0.39 is 0 Å². The van der Waals surface area contributed by atoms with Crippen LogP contribution in [-0.2, 0) is 6.54 Å². The van der Waals surface area contributed by atoms with Gasteiger partial charge in [-0.2, -0.15) is 5.10 Å². The summed E-state index contributed by atoms with van der Waals surface area (Å²) < 4.78 is 2.91. The van der Waals surface area contributed by atoms with Crippen LogP contribution in [0.2, 0.25) is 0 Å². The maximum absolute atomic E-state index is 4.74. The quantitative estimate of drug-likeness (QED) is 0.940. The molecule has 1 fully saturated rings. The van der Waals surface area contributed by atoms with Crippen LogP contribution in [0.3, 0.4) is 0 Å². The first-order valence-electron chi connectivity index (χ1n) is 6.52. The highest BCUT2D eigenvalue weighted by molar-refractivity contribution is 9.10. The number of nitrogens with one attached hydrogen (secondary N) is 1. The molecule has 0 amide bonds. The van der Waals surface area contributed by atoms with E-state index >= 15 is 0 Å². The minimum absolute atomic E-state index is 0.571. The van der Waals surface area contributed by atoms with E-state index in [4.69, 9.17) is 4.98 Å². The van der Waals surface area contributed by atoms with E-state index in [1.54, 1.807) is 6.20 Å². The molecular formula is C13H16BrN5. The standard InChI is InChI=1S/C13H16BrN5/c1-3-19-9(6-7-16-19)12-17-11(8-4-5-8)10(14)13(15-2)18-12/h6-8H,3-5H2,1-2H3,(H,15,17,18). The van der Waals surface area contributed by atoms with Crippen molar-refractivity contribution in [3.63, 3.8) is 0 Å². The Labute approximate surface area is 120 Å². The summed E-state index contributed by atoms with van der Waals surface area (Å²) in [5, 5.41) is 7.41. The Morgan fingerprint density at radius 1 is 1.42 bits per heavy atom. The molecule has 0 bridgehead atoms. The fourth-order valence-corrected chi connectivity index (χ4v) is 2.85. The number of rotatable bonds is 4. The normalized spacial score (nSPS) is 14.7. The third kappa shape index (κ3) is 2.25. The van der Waals surface area contributed by atoms with Crippen LogP contribution in [0.5, 0.6) is 0 Å². The largest absolute Gasteiger partial charge is 0.372 e. The number of nitrogens with zero attached hydrogens (tertiary/aromatic N) is 4. The van der Waals surface area contributed by atoms with Crippen LogP contribution in [0.15, 0.2) is 16.7 Å². The molecule has 3 rings (SSSR count). The Morgan fingerprint density at radius 2 is 2.21 bits per heavy atom. The van der Waals surface area contributed by atoms with Gasteiger partial charge in [-0.3, -0.25) is 4.68 Å². The Hall–Kier alpha value is -1.43. The molecule has 0 radical (unpaired) electrons. The Kier molecular flexibility index (Phi) is 3.26. The molecule has 1 saturated carbocycles. The average molecular weight is 322 g/mol. The van der Waals surface area contributed by atoms with E-state index in [0.29, 0.717) is 5.92 Å². The third-order valence-electron chi connectivity index (χ3n) is 3.32. The lowest BCUT2D eigenvalue weighted by atomic mass is 10.2. The predicted molar refractivity (Wildman–Crippen MR) is 78.1 cm³/mol. The topological polar surface area (TPSA) is 55.6 Å². The first-order valence-corrected chi connectivity index (χ1v) is 7.31. The van der Waals surface area contributed by atoms with E-state index in [9.17, 15) is 0 Å². The van der Waals surface area contributed by atoms with Gasteiger partial charge in [-0.25, -0.2) is 9.97 Å². The maximum atomic E-state index is 4.74. The number of aryl methyl sites for hydroxylation is 1. The van der Waals surface area contributed by atoms with Crippen molar-refractivity contribution in [3.05, 3.63) is 22.4 Å². The number of halogens is 1. The predicted octanol–water partition coefficient (Wildman–Crippen LogP) is 3.04. The average Bonchev–Trinajstić information content (AvgIpc) is 3.16. The monoisotopic (exact) mass is 321 g/mol. The van der Waals surface area contributed by atoms with Crippen molar-refractivity contribution in [2.45, 2.75) is 32.2 Å². The van der Waals surface area contributed by atoms with Crippen LogP contribution in [-0.4, -0.2) is 26.8 Å². The van der Waals surface area contributed by atoms with Gasteiger partial charge in [-0.15, -0.1) is 0 Å². The van der Waals surface area contributed by atoms with Gasteiger partial charge in [0, 0.05) is 25.7 Å². The Morgan fingerprint density at radius 3 is 2.84 bits per heavy atom. The van der Waals surface area contributed by atoms with Gasteiger partial charge < -0.3 is 5.32 Å². The summed E-state index contributed by atoms with van der Waals surface area (Å²) in [5.41, 5.74) is 2.08. The first kappa shape index (κ1) is 12.6. The van der Waals surface area contributed by atoms with Gasteiger partial charge in [-0.05, 0) is 41.8 Å². The van der Waals surface area contributed by atoms with Crippen molar-refractivity contribution in [1.82, 2.24) is 19.7 Å². The molecule has 2 heterocycles. The number of hydrogen-bond donors (Lipinski definition) is 1. The van der Waals surface area contributed by atoms with Crippen molar-refractivity contribution in [1.29, 1.82) is 0 Å². The molecule has 1 N–H and O–H groups in total. The molecular weight excluding hydrogens is 306 g/mol. The summed E-state index contributed by atoms with van der Waals surface area (Å²) in [6.45, 7) is 2.88. The zero-order chi connectivity index (χ0) is 13.4. The maximum Gasteiger partial charge on any atom is 0.180 e. The van der Waals surface area contributed by atoms with E-state index in [2.05, 4.69) is 38.3 Å². The molecule has 0 atom stereocenters. The Bertz CT molecular complexity index is 603. The molecule has 2 aromatic heterocycles. The second-order valence-electron chi connectivity index (χ2n) is 4.65. The molecule has 1 aliphatic rings. The molecule has 2 aromatic rings. The van der Waals surface area contributed by atoms with Gasteiger partial charge in [0.1, 0.15) is 11.5 Å². The van der Waals surface area contributed by atoms with Crippen molar-refractivity contribution in [3.8, 4) is 11.5 Å². The van der Waals surface area contributed by atoms with Crippen LogP contribution in [0.25, 0.3) is 11.5 Å². The van der Waals surface area contributed by atoms with Gasteiger partial charge in [-0.1, -0.05) is 0 Å². The van der Waals surface area contributed by atoms with Crippen LogP contribution in [0.1, 0.15) is 31.4 Å². The lowest BCUT2D eigenvalue weighted by Gasteiger charge is -2.11. The molecule has 0 aliphatic heterocycles. The molecule has 100 valence electrons. The van der Waals surface area contributed by atoms with Crippen LogP contribution >= 0.6 is 15.9 Å². The van der Waals surface area contributed by atoms with Crippen molar-refractivity contribution < 1.29 is 0 Å². The van der Waals surface area contributed by atoms with E-state index in [1.807, 2.05) is 17.8 Å².